The van der Waals surface area contributed by atoms with Crippen molar-refractivity contribution in [2.45, 2.75) is 19.4 Å². The number of amides is 2. The van der Waals surface area contributed by atoms with Gasteiger partial charge >= 0.3 is 0 Å². The summed E-state index contributed by atoms with van der Waals surface area (Å²) in [6.07, 6.45) is 3.70. The Morgan fingerprint density at radius 2 is 1.69 bits per heavy atom. The molecule has 2 amide bonds. The van der Waals surface area contributed by atoms with Crippen LogP contribution < -0.4 is 10.2 Å². The minimum absolute atomic E-state index is 0.0428. The topological polar surface area (TPSA) is 78.4 Å². The van der Waals surface area contributed by atoms with Gasteiger partial charge in [-0.2, -0.15) is 0 Å². The highest BCUT2D eigenvalue weighted by molar-refractivity contribution is 5.79. The van der Waals surface area contributed by atoms with E-state index in [-0.39, 0.29) is 24.3 Å². The first-order chi connectivity index (χ1) is 12.6. The smallest absolute Gasteiger partial charge is 0.225 e. The summed E-state index contributed by atoms with van der Waals surface area (Å²) >= 11 is 0. The third kappa shape index (κ3) is 4.56. The van der Waals surface area contributed by atoms with E-state index in [4.69, 9.17) is 0 Å². The maximum Gasteiger partial charge on any atom is 0.225 e. The second-order valence-corrected chi connectivity index (χ2v) is 6.28. The number of carbonyl (C=O) groups excluding carboxylic acids is 2. The lowest BCUT2D eigenvalue weighted by atomic mass is 10.0. The summed E-state index contributed by atoms with van der Waals surface area (Å²) in [6.45, 7) is 4.12. The Hall–Kier alpha value is -2.96. The van der Waals surface area contributed by atoms with Gasteiger partial charge in [-0.05, 0) is 11.6 Å². The maximum absolute atomic E-state index is 12.7. The Morgan fingerprint density at radius 1 is 1.04 bits per heavy atom. The number of piperazine rings is 1. The predicted octanol–water partition coefficient (Wildman–Crippen LogP) is 1.39. The molecule has 1 aromatic carbocycles. The summed E-state index contributed by atoms with van der Waals surface area (Å²) in [4.78, 5) is 36.7. The molecule has 1 aliphatic rings. The van der Waals surface area contributed by atoms with Gasteiger partial charge in [0.05, 0.1) is 12.5 Å². The highest BCUT2D eigenvalue weighted by Gasteiger charge is 2.25. The molecular formula is C19H23N5O2. The molecule has 7 nitrogen and oxygen atoms in total. The molecule has 1 saturated heterocycles. The number of anilines is 1. The Kier molecular flexibility index (Phi) is 5.78. The zero-order valence-corrected chi connectivity index (χ0v) is 14.8. The molecule has 0 saturated carbocycles. The van der Waals surface area contributed by atoms with Crippen molar-refractivity contribution in [1.29, 1.82) is 0 Å². The molecular weight excluding hydrogens is 330 g/mol. The molecule has 0 radical (unpaired) electrons. The lowest BCUT2D eigenvalue weighted by Crippen LogP contribution is -2.50. The molecule has 1 aliphatic heterocycles. The highest BCUT2D eigenvalue weighted by atomic mass is 16.2. The fraction of sp³-hybridized carbons (Fsp3) is 0.368. The van der Waals surface area contributed by atoms with E-state index in [0.29, 0.717) is 32.1 Å². The zero-order valence-electron chi connectivity index (χ0n) is 14.8. The van der Waals surface area contributed by atoms with Crippen LogP contribution in [0.1, 0.15) is 24.9 Å². The molecule has 0 spiro atoms. The van der Waals surface area contributed by atoms with Crippen molar-refractivity contribution in [3.05, 3.63) is 54.4 Å². The van der Waals surface area contributed by atoms with Gasteiger partial charge in [0.1, 0.15) is 0 Å². The van der Waals surface area contributed by atoms with Gasteiger partial charge in [-0.25, -0.2) is 9.97 Å². The summed E-state index contributed by atoms with van der Waals surface area (Å²) in [5.74, 6) is 0.596. The number of rotatable bonds is 5. The normalized spacial score (nSPS) is 15.4. The Bertz CT molecular complexity index is 730. The number of hydrogen-bond acceptors (Lipinski definition) is 5. The van der Waals surface area contributed by atoms with E-state index in [2.05, 4.69) is 20.2 Å². The molecule has 2 aromatic rings. The summed E-state index contributed by atoms with van der Waals surface area (Å²) < 4.78 is 0. The van der Waals surface area contributed by atoms with Crippen molar-refractivity contribution >= 4 is 17.8 Å². The second kappa shape index (κ2) is 8.42. The lowest BCUT2D eigenvalue weighted by Gasteiger charge is -2.35. The summed E-state index contributed by atoms with van der Waals surface area (Å²) in [6, 6.07) is 11.1. The van der Waals surface area contributed by atoms with Crippen molar-refractivity contribution in [1.82, 2.24) is 20.2 Å². The minimum Gasteiger partial charge on any atom is -0.349 e. The molecule has 0 aliphatic carbocycles. The van der Waals surface area contributed by atoms with Crippen molar-refractivity contribution in [3.8, 4) is 0 Å². The number of nitrogens with zero attached hydrogens (tertiary/aromatic N) is 4. The first-order valence-corrected chi connectivity index (χ1v) is 8.75. The van der Waals surface area contributed by atoms with E-state index in [0.717, 1.165) is 5.56 Å². The van der Waals surface area contributed by atoms with Crippen LogP contribution >= 0.6 is 0 Å². The minimum atomic E-state index is -0.309. The first-order valence-electron chi connectivity index (χ1n) is 8.75. The van der Waals surface area contributed by atoms with Gasteiger partial charge in [0.25, 0.3) is 0 Å². The lowest BCUT2D eigenvalue weighted by molar-refractivity contribution is -0.132. The number of nitrogens with one attached hydrogen (secondary N) is 1. The quantitative estimate of drug-likeness (QED) is 0.879. The Balaban J connectivity index is 1.59. The highest BCUT2D eigenvalue weighted by Crippen LogP contribution is 2.19. The number of carbonyl (C=O) groups is 2. The van der Waals surface area contributed by atoms with Crippen LogP contribution in [0, 0.1) is 0 Å². The average molecular weight is 353 g/mol. The van der Waals surface area contributed by atoms with E-state index in [1.807, 2.05) is 35.2 Å². The van der Waals surface area contributed by atoms with Gasteiger partial charge in [-0.3, -0.25) is 9.59 Å². The Morgan fingerprint density at radius 3 is 2.31 bits per heavy atom. The molecule has 7 heteroatoms. The molecule has 1 fully saturated rings. The van der Waals surface area contributed by atoms with Crippen LogP contribution in [-0.2, 0) is 9.59 Å². The third-order valence-corrected chi connectivity index (χ3v) is 4.43. The van der Waals surface area contributed by atoms with Crippen molar-refractivity contribution < 1.29 is 9.59 Å². The van der Waals surface area contributed by atoms with Gasteiger partial charge in [0.2, 0.25) is 17.8 Å². The van der Waals surface area contributed by atoms with Crippen LogP contribution in [0.25, 0.3) is 0 Å². The number of hydrogen-bond donors (Lipinski definition) is 1. The summed E-state index contributed by atoms with van der Waals surface area (Å²) in [5.41, 5.74) is 0.937. The SMILES string of the molecule is CC(=O)NC(CC(=O)N1CCN(c2ncccn2)CC1)c1ccccc1. The molecule has 1 N–H and O–H groups in total. The molecule has 26 heavy (non-hydrogen) atoms. The fourth-order valence-electron chi connectivity index (χ4n) is 3.10. The monoisotopic (exact) mass is 353 g/mol. The van der Waals surface area contributed by atoms with Crippen LogP contribution in [0.5, 0.6) is 0 Å². The summed E-state index contributed by atoms with van der Waals surface area (Å²) in [7, 11) is 0. The van der Waals surface area contributed by atoms with Crippen LogP contribution in [0.3, 0.4) is 0 Å². The maximum atomic E-state index is 12.7. The zero-order chi connectivity index (χ0) is 18.4. The Labute approximate surface area is 153 Å². The van der Waals surface area contributed by atoms with Crippen LogP contribution in [-0.4, -0.2) is 52.9 Å². The van der Waals surface area contributed by atoms with E-state index >= 15 is 0 Å². The second-order valence-electron chi connectivity index (χ2n) is 6.28. The summed E-state index contributed by atoms with van der Waals surface area (Å²) in [5, 5.41) is 2.88. The van der Waals surface area contributed by atoms with E-state index in [9.17, 15) is 9.59 Å². The first kappa shape index (κ1) is 17.8. The fourth-order valence-corrected chi connectivity index (χ4v) is 3.10. The van der Waals surface area contributed by atoms with Gasteiger partial charge < -0.3 is 15.1 Å². The van der Waals surface area contributed by atoms with Crippen molar-refractivity contribution in [2.24, 2.45) is 0 Å². The van der Waals surface area contributed by atoms with Gasteiger partial charge in [-0.15, -0.1) is 0 Å². The molecule has 1 unspecified atom stereocenters. The molecule has 2 heterocycles. The predicted molar refractivity (Wildman–Crippen MR) is 98.4 cm³/mol. The molecule has 1 aromatic heterocycles. The molecule has 1 atom stereocenters. The molecule has 136 valence electrons. The standard InChI is InChI=1S/C19H23N5O2/c1-15(25)22-17(16-6-3-2-4-7-16)14-18(26)23-10-12-24(13-11-23)19-20-8-5-9-21-19/h2-9,17H,10-14H2,1H3,(H,22,25). The van der Waals surface area contributed by atoms with Gasteiger partial charge in [-0.1, -0.05) is 30.3 Å². The number of benzene rings is 1. The van der Waals surface area contributed by atoms with E-state index in [1.165, 1.54) is 6.92 Å². The van der Waals surface area contributed by atoms with Crippen molar-refractivity contribution in [3.63, 3.8) is 0 Å². The van der Waals surface area contributed by atoms with E-state index in [1.54, 1.807) is 18.5 Å². The largest absolute Gasteiger partial charge is 0.349 e. The van der Waals surface area contributed by atoms with Crippen molar-refractivity contribution in [2.75, 3.05) is 31.1 Å². The average Bonchev–Trinajstić information content (AvgIpc) is 2.68. The van der Waals surface area contributed by atoms with Gasteiger partial charge in [0.15, 0.2) is 0 Å². The van der Waals surface area contributed by atoms with Gasteiger partial charge in [0, 0.05) is 45.5 Å². The third-order valence-electron chi connectivity index (χ3n) is 4.43. The van der Waals surface area contributed by atoms with Crippen LogP contribution in [0.4, 0.5) is 5.95 Å². The molecule has 0 bridgehead atoms. The van der Waals surface area contributed by atoms with Crippen LogP contribution in [0.15, 0.2) is 48.8 Å². The molecule has 3 rings (SSSR count). The number of aromatic nitrogens is 2. The van der Waals surface area contributed by atoms with Crippen LogP contribution in [0.2, 0.25) is 0 Å². The van der Waals surface area contributed by atoms with E-state index < -0.39 is 0 Å².